The Bertz CT molecular complexity index is 1060. The molecule has 0 radical (unpaired) electrons. The number of amides is 2. The smallest absolute Gasteiger partial charge is 0.318 e. The number of urea groups is 1. The topological polar surface area (TPSA) is 96.6 Å². The van der Waals surface area contributed by atoms with Crippen molar-refractivity contribution in [3.8, 4) is 11.5 Å². The van der Waals surface area contributed by atoms with Crippen molar-refractivity contribution in [1.29, 1.82) is 0 Å². The third-order valence-corrected chi connectivity index (χ3v) is 5.24. The van der Waals surface area contributed by atoms with E-state index in [1.807, 2.05) is 30.5 Å². The number of hydrogen-bond donors (Lipinski definition) is 2. The molecule has 0 unspecified atom stereocenters. The molecule has 2 N–H and O–H groups in total. The summed E-state index contributed by atoms with van der Waals surface area (Å²) in [6, 6.07) is 6.88. The summed E-state index contributed by atoms with van der Waals surface area (Å²) in [6.07, 6.45) is 0. The van der Waals surface area contributed by atoms with Gasteiger partial charge in [-0.3, -0.25) is 4.79 Å². The van der Waals surface area contributed by atoms with Crippen LogP contribution in [-0.2, 0) is 6.54 Å². The highest BCUT2D eigenvalue weighted by Gasteiger charge is 2.19. The quantitative estimate of drug-likeness (QED) is 0.718. The summed E-state index contributed by atoms with van der Waals surface area (Å²) in [5.41, 5.74) is 1.36. The Labute approximate surface area is 158 Å². The molecule has 2 amide bonds. The second-order valence-electron chi connectivity index (χ2n) is 6.29. The second-order valence-corrected chi connectivity index (χ2v) is 7.20. The van der Waals surface area contributed by atoms with Crippen LogP contribution in [0.1, 0.15) is 24.4 Å². The van der Waals surface area contributed by atoms with E-state index < -0.39 is 0 Å². The Morgan fingerprint density at radius 3 is 3.04 bits per heavy atom. The molecule has 3 heterocycles. The predicted molar refractivity (Wildman–Crippen MR) is 101 cm³/mol. The standard InChI is InChI=1S/C18H18N4O4S/c1-10(11-3-4-13-14(7-11)26-9-25-13)19-18(24)22(2)8-15-20-12-5-6-27-16(12)17(23)21-15/h3-7,10H,8-9H2,1-2H3,(H,19,24)(H,20,21,23)/t10-/m1/s1. The second kappa shape index (κ2) is 6.92. The monoisotopic (exact) mass is 386 g/mol. The van der Waals surface area contributed by atoms with E-state index in [4.69, 9.17) is 9.47 Å². The number of ether oxygens (including phenoxy) is 2. The Kier molecular flexibility index (Phi) is 4.44. The number of carbonyl (C=O) groups excluding carboxylic acids is 1. The van der Waals surface area contributed by atoms with Gasteiger partial charge in [0.1, 0.15) is 10.5 Å². The van der Waals surface area contributed by atoms with Crippen LogP contribution < -0.4 is 20.3 Å². The van der Waals surface area contributed by atoms with Gasteiger partial charge in [-0.15, -0.1) is 11.3 Å². The minimum Gasteiger partial charge on any atom is -0.454 e. The van der Waals surface area contributed by atoms with Crippen molar-refractivity contribution in [1.82, 2.24) is 20.2 Å². The van der Waals surface area contributed by atoms with Gasteiger partial charge in [0.15, 0.2) is 11.5 Å². The summed E-state index contributed by atoms with van der Waals surface area (Å²) < 4.78 is 11.3. The first-order valence-electron chi connectivity index (χ1n) is 8.39. The van der Waals surface area contributed by atoms with E-state index in [9.17, 15) is 9.59 Å². The van der Waals surface area contributed by atoms with Gasteiger partial charge in [-0.1, -0.05) is 6.07 Å². The number of H-pyrrole nitrogens is 1. The largest absolute Gasteiger partial charge is 0.454 e. The van der Waals surface area contributed by atoms with Gasteiger partial charge in [-0.25, -0.2) is 9.78 Å². The van der Waals surface area contributed by atoms with Crippen molar-refractivity contribution in [3.63, 3.8) is 0 Å². The Morgan fingerprint density at radius 2 is 2.19 bits per heavy atom. The number of nitrogens with one attached hydrogen (secondary N) is 2. The number of fused-ring (bicyclic) bond motifs is 2. The first-order chi connectivity index (χ1) is 13.0. The van der Waals surface area contributed by atoms with E-state index in [-0.39, 0.29) is 31.0 Å². The van der Waals surface area contributed by atoms with Crippen LogP contribution in [0, 0.1) is 0 Å². The summed E-state index contributed by atoms with van der Waals surface area (Å²) in [5, 5.41) is 4.75. The van der Waals surface area contributed by atoms with Gasteiger partial charge in [-0.2, -0.15) is 0 Å². The summed E-state index contributed by atoms with van der Waals surface area (Å²) in [5.74, 6) is 1.82. The molecule has 1 aliphatic rings. The van der Waals surface area contributed by atoms with Gasteiger partial charge in [0, 0.05) is 7.05 Å². The van der Waals surface area contributed by atoms with E-state index in [1.54, 1.807) is 13.1 Å². The van der Waals surface area contributed by atoms with Gasteiger partial charge in [0.05, 0.1) is 18.1 Å². The number of thiophene rings is 1. The lowest BCUT2D eigenvalue weighted by molar-refractivity contribution is 0.174. The number of aromatic nitrogens is 2. The van der Waals surface area contributed by atoms with Gasteiger partial charge in [0.2, 0.25) is 6.79 Å². The number of benzene rings is 1. The van der Waals surface area contributed by atoms with Crippen LogP contribution in [0.3, 0.4) is 0 Å². The molecule has 2 aromatic heterocycles. The predicted octanol–water partition coefficient (Wildman–Crippen LogP) is 2.62. The van der Waals surface area contributed by atoms with Crippen molar-refractivity contribution in [3.05, 3.63) is 51.4 Å². The lowest BCUT2D eigenvalue weighted by Gasteiger charge is -2.21. The maximum absolute atomic E-state index is 12.5. The molecule has 3 aromatic rings. The van der Waals surface area contributed by atoms with Crippen molar-refractivity contribution >= 4 is 27.6 Å². The van der Waals surface area contributed by atoms with Gasteiger partial charge >= 0.3 is 6.03 Å². The van der Waals surface area contributed by atoms with Crippen molar-refractivity contribution in [2.75, 3.05) is 13.8 Å². The third kappa shape index (κ3) is 3.45. The summed E-state index contributed by atoms with van der Waals surface area (Å²) in [6.45, 7) is 2.30. The highest BCUT2D eigenvalue weighted by Crippen LogP contribution is 2.34. The third-order valence-electron chi connectivity index (χ3n) is 4.33. The molecule has 1 atom stereocenters. The fourth-order valence-corrected chi connectivity index (χ4v) is 3.58. The molecule has 0 fully saturated rings. The molecular formula is C18H18N4O4S. The molecule has 4 rings (SSSR count). The van der Waals surface area contributed by atoms with Crippen LogP contribution >= 0.6 is 11.3 Å². The first-order valence-corrected chi connectivity index (χ1v) is 9.27. The van der Waals surface area contributed by atoms with Crippen LogP contribution in [0.5, 0.6) is 11.5 Å². The number of nitrogens with zero attached hydrogens (tertiary/aromatic N) is 2. The molecule has 1 aromatic carbocycles. The first kappa shape index (κ1) is 17.3. The molecule has 8 nitrogen and oxygen atoms in total. The normalized spacial score (nSPS) is 13.6. The van der Waals surface area contributed by atoms with E-state index in [0.29, 0.717) is 27.5 Å². The Hall–Kier alpha value is -3.07. The van der Waals surface area contributed by atoms with Crippen LogP contribution in [0.4, 0.5) is 4.79 Å². The molecule has 0 aliphatic carbocycles. The van der Waals surface area contributed by atoms with E-state index >= 15 is 0 Å². The zero-order chi connectivity index (χ0) is 19.0. The molecule has 0 saturated carbocycles. The maximum Gasteiger partial charge on any atom is 0.318 e. The number of rotatable bonds is 4. The van der Waals surface area contributed by atoms with Gasteiger partial charge < -0.3 is 24.7 Å². The maximum atomic E-state index is 12.5. The van der Waals surface area contributed by atoms with Gasteiger partial charge in [0.25, 0.3) is 5.56 Å². The van der Waals surface area contributed by atoms with Crippen LogP contribution in [0.15, 0.2) is 34.4 Å². The number of aromatic amines is 1. The molecule has 1 aliphatic heterocycles. The van der Waals surface area contributed by atoms with E-state index in [1.165, 1.54) is 16.2 Å². The van der Waals surface area contributed by atoms with Crippen molar-refractivity contribution < 1.29 is 14.3 Å². The molecule has 9 heteroatoms. The SMILES string of the molecule is C[C@@H](NC(=O)N(C)Cc1nc2ccsc2c(=O)[nH]1)c1ccc2c(c1)OCO2. The van der Waals surface area contributed by atoms with Crippen molar-refractivity contribution in [2.45, 2.75) is 19.5 Å². The minimum absolute atomic E-state index is 0.187. The highest BCUT2D eigenvalue weighted by atomic mass is 32.1. The van der Waals surface area contributed by atoms with E-state index in [2.05, 4.69) is 15.3 Å². The number of carbonyl (C=O) groups is 1. The fourth-order valence-electron chi connectivity index (χ4n) is 2.85. The Morgan fingerprint density at radius 1 is 1.37 bits per heavy atom. The van der Waals surface area contributed by atoms with E-state index in [0.717, 1.165) is 5.56 Å². The average molecular weight is 386 g/mol. The zero-order valence-corrected chi connectivity index (χ0v) is 15.6. The lowest BCUT2D eigenvalue weighted by Crippen LogP contribution is -2.38. The lowest BCUT2D eigenvalue weighted by atomic mass is 10.1. The number of hydrogen-bond acceptors (Lipinski definition) is 6. The molecule has 0 bridgehead atoms. The summed E-state index contributed by atoms with van der Waals surface area (Å²) >= 11 is 1.34. The van der Waals surface area contributed by atoms with Crippen molar-refractivity contribution in [2.24, 2.45) is 0 Å². The minimum atomic E-state index is -0.270. The molecule has 27 heavy (non-hydrogen) atoms. The molecule has 0 saturated heterocycles. The fraction of sp³-hybridized carbons (Fsp3) is 0.278. The molecule has 0 spiro atoms. The van der Waals surface area contributed by atoms with Crippen LogP contribution in [0.2, 0.25) is 0 Å². The summed E-state index contributed by atoms with van der Waals surface area (Å²) in [7, 11) is 1.65. The van der Waals surface area contributed by atoms with Crippen LogP contribution in [0.25, 0.3) is 10.2 Å². The Balaban J connectivity index is 1.43. The zero-order valence-electron chi connectivity index (χ0n) is 14.8. The van der Waals surface area contributed by atoms with Gasteiger partial charge in [-0.05, 0) is 36.1 Å². The highest BCUT2D eigenvalue weighted by molar-refractivity contribution is 7.17. The molecule has 140 valence electrons. The average Bonchev–Trinajstić information content (AvgIpc) is 3.29. The molecular weight excluding hydrogens is 368 g/mol. The van der Waals surface area contributed by atoms with Crippen LogP contribution in [-0.4, -0.2) is 34.7 Å². The summed E-state index contributed by atoms with van der Waals surface area (Å²) in [4.78, 5) is 33.1.